The summed E-state index contributed by atoms with van der Waals surface area (Å²) in [6.07, 6.45) is 5.22. The van der Waals surface area contributed by atoms with Crippen molar-refractivity contribution in [1.29, 1.82) is 0 Å². The quantitative estimate of drug-likeness (QED) is 0.777. The molecule has 2 aliphatic rings. The fourth-order valence-corrected chi connectivity index (χ4v) is 3.39. The molecule has 5 heteroatoms. The Morgan fingerprint density at radius 3 is 2.95 bits per heavy atom. The first-order valence-electron chi connectivity index (χ1n) is 7.70. The third-order valence-corrected chi connectivity index (χ3v) is 4.54. The van der Waals surface area contributed by atoms with Crippen molar-refractivity contribution in [1.82, 2.24) is 10.3 Å². The van der Waals surface area contributed by atoms with Crippen molar-refractivity contribution in [2.24, 2.45) is 0 Å². The zero-order chi connectivity index (χ0) is 15.0. The molecule has 2 atom stereocenters. The molecule has 1 saturated heterocycles. The number of fused-ring (bicyclic) bond motifs is 1. The summed E-state index contributed by atoms with van der Waals surface area (Å²) in [5, 5.41) is 17.1. The number of aromatic nitrogens is 1. The molecule has 1 aromatic rings. The van der Waals surface area contributed by atoms with Crippen molar-refractivity contribution < 1.29 is 9.90 Å². The van der Waals surface area contributed by atoms with Crippen LogP contribution in [0.4, 0.5) is 5.82 Å². The van der Waals surface area contributed by atoms with Gasteiger partial charge in [0.15, 0.2) is 0 Å². The van der Waals surface area contributed by atoms with Gasteiger partial charge < -0.3 is 15.7 Å². The van der Waals surface area contributed by atoms with Crippen LogP contribution < -0.4 is 10.6 Å². The van der Waals surface area contributed by atoms with Crippen molar-refractivity contribution >= 4 is 11.7 Å². The predicted molar refractivity (Wildman–Crippen MR) is 81.0 cm³/mol. The zero-order valence-corrected chi connectivity index (χ0v) is 12.6. The van der Waals surface area contributed by atoms with Gasteiger partial charge in [-0.1, -0.05) is 0 Å². The summed E-state index contributed by atoms with van der Waals surface area (Å²) in [5.74, 6) is 0.624. The van der Waals surface area contributed by atoms with Gasteiger partial charge in [0.25, 0.3) is 0 Å². The summed E-state index contributed by atoms with van der Waals surface area (Å²) in [6.45, 7) is 4.32. The number of hydrogen-bond acceptors (Lipinski definition) is 4. The number of anilines is 1. The monoisotopic (exact) mass is 289 g/mol. The van der Waals surface area contributed by atoms with E-state index in [1.165, 1.54) is 0 Å². The Kier molecular flexibility index (Phi) is 3.71. The van der Waals surface area contributed by atoms with Crippen molar-refractivity contribution in [2.45, 2.75) is 63.6 Å². The van der Waals surface area contributed by atoms with Crippen LogP contribution in [-0.4, -0.2) is 27.6 Å². The zero-order valence-electron chi connectivity index (χ0n) is 12.6. The summed E-state index contributed by atoms with van der Waals surface area (Å²) < 4.78 is 0. The SMILES string of the molecule is CC1(C)CC[C@@H]([C@H](O)c2ccnc3c2CCCC(=O)N3)N1. The number of carbonyl (C=O) groups excluding carboxylic acids is 1. The van der Waals surface area contributed by atoms with Crippen LogP contribution in [0.5, 0.6) is 0 Å². The molecule has 3 rings (SSSR count). The molecule has 3 N–H and O–H groups in total. The molecule has 2 aliphatic heterocycles. The molecule has 1 aromatic heterocycles. The molecule has 0 unspecified atom stereocenters. The van der Waals surface area contributed by atoms with Gasteiger partial charge in [-0.25, -0.2) is 4.98 Å². The summed E-state index contributed by atoms with van der Waals surface area (Å²) in [5.41, 5.74) is 1.96. The second-order valence-electron chi connectivity index (χ2n) is 6.75. The van der Waals surface area contributed by atoms with Gasteiger partial charge in [0.2, 0.25) is 5.91 Å². The normalized spacial score (nSPS) is 25.9. The average molecular weight is 289 g/mol. The van der Waals surface area contributed by atoms with Gasteiger partial charge in [0, 0.05) is 29.8 Å². The topological polar surface area (TPSA) is 74.2 Å². The average Bonchev–Trinajstić information content (AvgIpc) is 2.68. The summed E-state index contributed by atoms with van der Waals surface area (Å²) in [6, 6.07) is 1.94. The Labute approximate surface area is 125 Å². The number of rotatable bonds is 2. The van der Waals surface area contributed by atoms with Crippen LogP contribution in [0, 0.1) is 0 Å². The van der Waals surface area contributed by atoms with E-state index in [1.807, 2.05) is 6.07 Å². The highest BCUT2D eigenvalue weighted by atomic mass is 16.3. The summed E-state index contributed by atoms with van der Waals surface area (Å²) in [7, 11) is 0. The number of aliphatic hydroxyl groups is 1. The minimum absolute atomic E-state index is 0.00742. The highest BCUT2D eigenvalue weighted by molar-refractivity contribution is 5.91. The van der Waals surface area contributed by atoms with Gasteiger partial charge in [-0.05, 0) is 51.2 Å². The van der Waals surface area contributed by atoms with Gasteiger partial charge in [-0.2, -0.15) is 0 Å². The van der Waals surface area contributed by atoms with Crippen LogP contribution >= 0.6 is 0 Å². The lowest BCUT2D eigenvalue weighted by Gasteiger charge is -2.25. The van der Waals surface area contributed by atoms with E-state index in [0.717, 1.165) is 36.8 Å². The van der Waals surface area contributed by atoms with Gasteiger partial charge in [0.1, 0.15) is 5.82 Å². The largest absolute Gasteiger partial charge is 0.387 e. The molecule has 114 valence electrons. The van der Waals surface area contributed by atoms with Crippen LogP contribution in [0.1, 0.15) is 56.8 Å². The van der Waals surface area contributed by atoms with Crippen molar-refractivity contribution in [3.8, 4) is 0 Å². The van der Waals surface area contributed by atoms with Gasteiger partial charge in [0.05, 0.1) is 6.10 Å². The molecule has 5 nitrogen and oxygen atoms in total. The van der Waals surface area contributed by atoms with E-state index in [9.17, 15) is 9.90 Å². The number of aliphatic hydroxyl groups excluding tert-OH is 1. The van der Waals surface area contributed by atoms with Gasteiger partial charge in [-0.3, -0.25) is 4.79 Å². The van der Waals surface area contributed by atoms with Crippen LogP contribution in [0.2, 0.25) is 0 Å². The Bertz CT molecular complexity index is 556. The molecular weight excluding hydrogens is 266 g/mol. The smallest absolute Gasteiger partial charge is 0.225 e. The van der Waals surface area contributed by atoms with Crippen LogP contribution in [-0.2, 0) is 11.2 Å². The van der Waals surface area contributed by atoms with Crippen LogP contribution in [0.25, 0.3) is 0 Å². The van der Waals surface area contributed by atoms with Crippen molar-refractivity contribution in [2.75, 3.05) is 5.32 Å². The number of carbonyl (C=O) groups is 1. The number of hydrogen-bond donors (Lipinski definition) is 3. The maximum atomic E-state index is 11.6. The Morgan fingerprint density at radius 1 is 1.43 bits per heavy atom. The number of nitrogens with zero attached hydrogens (tertiary/aromatic N) is 1. The molecule has 21 heavy (non-hydrogen) atoms. The molecule has 0 aromatic carbocycles. The van der Waals surface area contributed by atoms with Crippen molar-refractivity contribution in [3.63, 3.8) is 0 Å². The maximum absolute atomic E-state index is 11.6. The molecule has 0 spiro atoms. The Hall–Kier alpha value is -1.46. The lowest BCUT2D eigenvalue weighted by Crippen LogP contribution is -2.40. The lowest BCUT2D eigenvalue weighted by molar-refractivity contribution is -0.116. The molecule has 1 amide bonds. The maximum Gasteiger partial charge on any atom is 0.225 e. The molecular formula is C16H23N3O2. The third kappa shape index (κ3) is 2.94. The first-order valence-corrected chi connectivity index (χ1v) is 7.70. The first kappa shape index (κ1) is 14.5. The lowest BCUT2D eigenvalue weighted by atomic mass is 9.95. The van der Waals surface area contributed by atoms with E-state index in [0.29, 0.717) is 12.2 Å². The molecule has 1 fully saturated rings. The van der Waals surface area contributed by atoms with E-state index in [2.05, 4.69) is 29.5 Å². The number of nitrogens with one attached hydrogen (secondary N) is 2. The first-order chi connectivity index (χ1) is 9.96. The molecule has 0 bridgehead atoms. The fraction of sp³-hybridized carbons (Fsp3) is 0.625. The molecule has 0 aliphatic carbocycles. The Balaban J connectivity index is 1.89. The predicted octanol–water partition coefficient (Wildman–Crippen LogP) is 1.92. The van der Waals surface area contributed by atoms with E-state index in [1.54, 1.807) is 6.20 Å². The van der Waals surface area contributed by atoms with Crippen LogP contribution in [0.15, 0.2) is 12.3 Å². The second-order valence-corrected chi connectivity index (χ2v) is 6.75. The highest BCUT2D eigenvalue weighted by Crippen LogP contribution is 2.34. The van der Waals surface area contributed by atoms with Gasteiger partial charge in [-0.15, -0.1) is 0 Å². The second kappa shape index (κ2) is 5.39. The highest BCUT2D eigenvalue weighted by Gasteiger charge is 2.35. The standard InChI is InChI=1S/C16H23N3O2/c1-16(2)8-6-12(19-16)14(21)10-7-9-17-15-11(10)4-3-5-13(20)18-15/h7,9,12,14,19,21H,3-6,8H2,1-2H3,(H,17,18,20)/t12-,14+/m0/s1. The molecule has 3 heterocycles. The molecule has 0 radical (unpaired) electrons. The van der Waals surface area contributed by atoms with Crippen molar-refractivity contribution in [3.05, 3.63) is 23.4 Å². The minimum atomic E-state index is -0.557. The fourth-order valence-electron chi connectivity index (χ4n) is 3.39. The summed E-state index contributed by atoms with van der Waals surface area (Å²) >= 11 is 0. The van der Waals surface area contributed by atoms with Gasteiger partial charge >= 0.3 is 0 Å². The number of pyridine rings is 1. The van der Waals surface area contributed by atoms with Crippen LogP contribution in [0.3, 0.4) is 0 Å². The summed E-state index contributed by atoms with van der Waals surface area (Å²) in [4.78, 5) is 15.9. The number of amides is 1. The molecule has 0 saturated carbocycles. The Morgan fingerprint density at radius 2 is 2.24 bits per heavy atom. The third-order valence-electron chi connectivity index (χ3n) is 4.54. The minimum Gasteiger partial charge on any atom is -0.387 e. The van der Waals surface area contributed by atoms with E-state index in [-0.39, 0.29) is 17.5 Å². The van der Waals surface area contributed by atoms with E-state index in [4.69, 9.17) is 0 Å². The van der Waals surface area contributed by atoms with E-state index >= 15 is 0 Å². The van der Waals surface area contributed by atoms with E-state index < -0.39 is 6.10 Å².